The lowest BCUT2D eigenvalue weighted by atomic mass is 9.99. The minimum atomic E-state index is -0.433. The lowest BCUT2D eigenvalue weighted by Gasteiger charge is -2.08. The fraction of sp³-hybridized carbons (Fsp3) is 0.211. The van der Waals surface area contributed by atoms with Gasteiger partial charge in [-0.15, -0.1) is 0 Å². The number of aryl methyl sites for hydroxylation is 3. The van der Waals surface area contributed by atoms with Crippen LogP contribution in [0.1, 0.15) is 93.8 Å². The van der Waals surface area contributed by atoms with E-state index in [0.29, 0.717) is 65.3 Å². The zero-order chi connectivity index (χ0) is 62.7. The molecule has 0 aliphatic heterocycles. The van der Waals surface area contributed by atoms with Crippen molar-refractivity contribution in [3.63, 3.8) is 0 Å². The largest absolute Gasteiger partial charge is 0.493 e. The summed E-state index contributed by atoms with van der Waals surface area (Å²) in [5.41, 5.74) is 10.5. The van der Waals surface area contributed by atoms with E-state index in [-0.39, 0.29) is 13.2 Å². The van der Waals surface area contributed by atoms with Crippen molar-refractivity contribution in [2.75, 3.05) is 52.9 Å². The van der Waals surface area contributed by atoms with Gasteiger partial charge in [-0.2, -0.15) is 0 Å². The van der Waals surface area contributed by atoms with E-state index >= 15 is 0 Å². The molecule has 0 amide bonds. The van der Waals surface area contributed by atoms with Crippen LogP contribution < -0.4 is 18.9 Å². The fourth-order valence-corrected chi connectivity index (χ4v) is 8.08. The lowest BCUT2D eigenvalue weighted by molar-refractivity contribution is -0.138. The maximum atomic E-state index is 11.1. The topological polar surface area (TPSA) is 142 Å². The molecule has 0 spiro atoms. The summed E-state index contributed by atoms with van der Waals surface area (Å²) < 4.78 is 42.7. The molecule has 0 aromatic heterocycles. The smallest absolute Gasteiger partial charge is 0.330 e. The third-order valence-corrected chi connectivity index (χ3v) is 12.7. The Morgan fingerprint density at radius 3 is 1.03 bits per heavy atom. The highest BCUT2D eigenvalue weighted by Gasteiger charge is 2.08. The summed E-state index contributed by atoms with van der Waals surface area (Å²) >= 11 is 0. The Labute approximate surface area is 516 Å². The third-order valence-electron chi connectivity index (χ3n) is 12.7. The molecule has 0 heterocycles. The molecule has 0 saturated heterocycles. The maximum Gasteiger partial charge on any atom is 0.330 e. The van der Waals surface area contributed by atoms with E-state index in [9.17, 15) is 19.2 Å². The van der Waals surface area contributed by atoms with Crippen molar-refractivity contribution in [3.8, 4) is 70.4 Å². The van der Waals surface area contributed by atoms with Crippen LogP contribution in [0, 0.1) is 61.2 Å². The predicted octanol–water partition coefficient (Wildman–Crippen LogP) is 13.3. The number of carbonyl (C=O) groups excluding carboxylic acids is 4. The molecule has 7 aromatic carbocycles. The van der Waals surface area contributed by atoms with Crippen LogP contribution in [0.15, 0.2) is 190 Å². The molecule has 12 nitrogen and oxygen atoms in total. The molecule has 7 aromatic rings. The summed E-state index contributed by atoms with van der Waals surface area (Å²) in [6, 6.07) is 45.0. The van der Waals surface area contributed by atoms with Crippen molar-refractivity contribution in [1.82, 2.24) is 0 Å². The maximum absolute atomic E-state index is 11.1. The van der Waals surface area contributed by atoms with Crippen LogP contribution in [0.3, 0.4) is 0 Å². The molecular formula is C76H70O12. The first-order valence-corrected chi connectivity index (χ1v) is 28.7. The van der Waals surface area contributed by atoms with E-state index in [2.05, 4.69) is 98.8 Å². The SMILES string of the molecule is C=CC(=O)OCCCOc1ccc(C#Cc2ccc(C#Cc3ccc(OCCCOC(=O)C=C)cc3)c(CC)c2)cc1.C=CC(=O)OCCCOc1ccc(C#Cc2ccc(C#Cc3ccc(OCCCOC(=O)C=C)cc3C)c3ccccc23)c(C)c1. The molecule has 0 aliphatic rings. The summed E-state index contributed by atoms with van der Waals surface area (Å²) in [5.74, 6) is 27.5. The molecule has 446 valence electrons. The van der Waals surface area contributed by atoms with Gasteiger partial charge in [-0.25, -0.2) is 19.2 Å². The lowest BCUT2D eigenvalue weighted by Crippen LogP contribution is -2.06. The van der Waals surface area contributed by atoms with E-state index in [1.165, 1.54) is 0 Å². The fourth-order valence-electron chi connectivity index (χ4n) is 8.08. The highest BCUT2D eigenvalue weighted by Crippen LogP contribution is 2.24. The summed E-state index contributed by atoms with van der Waals surface area (Å²) in [5, 5.41) is 2.08. The highest BCUT2D eigenvalue weighted by atomic mass is 16.5. The van der Waals surface area contributed by atoms with E-state index in [1.54, 1.807) is 0 Å². The van der Waals surface area contributed by atoms with Gasteiger partial charge in [0.2, 0.25) is 0 Å². The third kappa shape index (κ3) is 22.9. The quantitative estimate of drug-likeness (QED) is 0.0177. The zero-order valence-corrected chi connectivity index (χ0v) is 50.0. The van der Waals surface area contributed by atoms with Gasteiger partial charge in [0.05, 0.1) is 52.9 Å². The average Bonchev–Trinajstić information content (AvgIpc) is 1.87. The molecule has 0 aliphatic carbocycles. The molecule has 0 bridgehead atoms. The number of ether oxygens (including phenoxy) is 8. The van der Waals surface area contributed by atoms with Gasteiger partial charge in [0.25, 0.3) is 0 Å². The summed E-state index contributed by atoms with van der Waals surface area (Å²) in [4.78, 5) is 44.3. The van der Waals surface area contributed by atoms with Gasteiger partial charge in [-0.05, 0) is 163 Å². The summed E-state index contributed by atoms with van der Waals surface area (Å²) in [6.07, 6.45) is 7.80. The monoisotopic (exact) mass is 1170 g/mol. The molecule has 0 unspecified atom stereocenters. The number of esters is 4. The van der Waals surface area contributed by atoms with Gasteiger partial charge in [0.15, 0.2) is 0 Å². The van der Waals surface area contributed by atoms with Crippen LogP contribution >= 0.6 is 0 Å². The van der Waals surface area contributed by atoms with Crippen molar-refractivity contribution in [2.24, 2.45) is 0 Å². The van der Waals surface area contributed by atoms with Crippen LogP contribution in [-0.2, 0) is 44.5 Å². The van der Waals surface area contributed by atoms with Gasteiger partial charge in [0, 0.05) is 94.5 Å². The van der Waals surface area contributed by atoms with Gasteiger partial charge in [0.1, 0.15) is 23.0 Å². The van der Waals surface area contributed by atoms with E-state index in [0.717, 1.165) is 126 Å². The van der Waals surface area contributed by atoms with Crippen LogP contribution in [0.4, 0.5) is 0 Å². The Balaban J connectivity index is 0.000000282. The molecular weight excluding hydrogens is 1100 g/mol. The molecule has 0 N–H and O–H groups in total. The summed E-state index contributed by atoms with van der Waals surface area (Å²) in [7, 11) is 0. The van der Waals surface area contributed by atoms with Crippen molar-refractivity contribution >= 4 is 34.6 Å². The molecule has 7 rings (SSSR count). The van der Waals surface area contributed by atoms with E-state index in [1.807, 2.05) is 135 Å². The Bertz CT molecular complexity index is 3710. The second kappa shape index (κ2) is 36.7. The van der Waals surface area contributed by atoms with Crippen molar-refractivity contribution in [1.29, 1.82) is 0 Å². The molecule has 0 saturated carbocycles. The van der Waals surface area contributed by atoms with Crippen LogP contribution in [0.2, 0.25) is 0 Å². The minimum absolute atomic E-state index is 0.286. The first kappa shape index (κ1) is 66.2. The Morgan fingerprint density at radius 2 is 0.659 bits per heavy atom. The first-order valence-electron chi connectivity index (χ1n) is 28.7. The van der Waals surface area contributed by atoms with Crippen LogP contribution in [0.25, 0.3) is 10.8 Å². The number of benzene rings is 7. The second-order valence-corrected chi connectivity index (χ2v) is 19.2. The first-order chi connectivity index (χ1) is 42.9. The Morgan fingerprint density at radius 1 is 0.352 bits per heavy atom. The number of fused-ring (bicyclic) bond motifs is 1. The van der Waals surface area contributed by atoms with E-state index in [4.69, 9.17) is 37.9 Å². The van der Waals surface area contributed by atoms with Crippen molar-refractivity contribution in [2.45, 2.75) is 52.9 Å². The van der Waals surface area contributed by atoms with Crippen LogP contribution in [-0.4, -0.2) is 76.7 Å². The van der Waals surface area contributed by atoms with E-state index < -0.39 is 23.9 Å². The Hall–Kier alpha value is -10.9. The molecule has 88 heavy (non-hydrogen) atoms. The number of hydrogen-bond donors (Lipinski definition) is 0. The van der Waals surface area contributed by atoms with Crippen molar-refractivity contribution < 1.29 is 57.1 Å². The summed E-state index contributed by atoms with van der Waals surface area (Å²) in [6.45, 7) is 22.5. The van der Waals surface area contributed by atoms with Gasteiger partial charge in [-0.3, -0.25) is 0 Å². The normalized spacial score (nSPS) is 9.90. The molecule has 0 radical (unpaired) electrons. The number of rotatable bonds is 25. The molecule has 0 fully saturated rings. The molecule has 12 heteroatoms. The minimum Gasteiger partial charge on any atom is -0.493 e. The van der Waals surface area contributed by atoms with Gasteiger partial charge < -0.3 is 37.9 Å². The van der Waals surface area contributed by atoms with Gasteiger partial charge >= 0.3 is 23.9 Å². The van der Waals surface area contributed by atoms with Gasteiger partial charge in [-0.1, -0.05) is 105 Å². The second-order valence-electron chi connectivity index (χ2n) is 19.2. The number of hydrogen-bond acceptors (Lipinski definition) is 12. The van der Waals surface area contributed by atoms with Crippen LogP contribution in [0.5, 0.6) is 23.0 Å². The predicted molar refractivity (Wildman–Crippen MR) is 344 cm³/mol. The molecule has 0 atom stereocenters. The highest BCUT2D eigenvalue weighted by molar-refractivity contribution is 5.93. The Kier molecular flexibility index (Phi) is 27.6. The number of carbonyl (C=O) groups is 4. The standard InChI is InChI=1S/C40H36O6.C36H34O6/c1-5-39(41)45-25-9-23-43-35-21-19-31(29(3)27-35)13-15-33-17-18-34(38-12-8-7-11-37(33)38)16-14-32-20-22-36(28-30(32)4)44-24-10-26-46-40(42)6-2;1-4-31-27-30(10-9-28-13-19-33(20-14-28)39-23-7-25-41-35(37)5-2)12-18-32(31)17-11-29-15-21-34(22-16-29)40-24-8-26-42-36(38)6-3/h5-8,11-12,17-22,27-28H,1-2,9-10,23-26H2,3-4H3;5-6,12-16,18-22,27H,2-4,7-8,23-26H2,1H3. The zero-order valence-electron chi connectivity index (χ0n) is 50.0. The average molecular weight is 1180 g/mol. The van der Waals surface area contributed by atoms with Crippen molar-refractivity contribution in [3.05, 3.63) is 251 Å².